The molecule has 1 saturated carbocycles. The molecule has 3 fully saturated rings. The van der Waals surface area contributed by atoms with Gasteiger partial charge >= 0.3 is 6.03 Å². The molecule has 7 heteroatoms. The van der Waals surface area contributed by atoms with Crippen LogP contribution < -0.4 is 9.64 Å². The van der Waals surface area contributed by atoms with E-state index in [0.29, 0.717) is 25.7 Å². The fourth-order valence-corrected chi connectivity index (χ4v) is 4.90. The Morgan fingerprint density at radius 1 is 0.967 bits per heavy atom. The molecule has 30 heavy (non-hydrogen) atoms. The average Bonchev–Trinajstić information content (AvgIpc) is 3.15. The highest BCUT2D eigenvalue weighted by Gasteiger charge is 2.33. The largest absolute Gasteiger partial charge is 0.494 e. The molecular weight excluding hydrogens is 380 g/mol. The number of benzene rings is 1. The third-order valence-electron chi connectivity index (χ3n) is 6.64. The smallest absolute Gasteiger partial charge is 0.325 e. The van der Waals surface area contributed by atoms with E-state index in [1.54, 1.807) is 9.80 Å². The molecule has 0 radical (unpaired) electrons. The van der Waals surface area contributed by atoms with Gasteiger partial charge in [0.15, 0.2) is 0 Å². The van der Waals surface area contributed by atoms with Crippen LogP contribution in [0.15, 0.2) is 24.3 Å². The molecule has 0 atom stereocenters. The van der Waals surface area contributed by atoms with E-state index < -0.39 is 0 Å². The van der Waals surface area contributed by atoms with Gasteiger partial charge < -0.3 is 14.5 Å². The zero-order chi connectivity index (χ0) is 20.9. The summed E-state index contributed by atoms with van der Waals surface area (Å²) in [4.78, 5) is 33.6. The van der Waals surface area contributed by atoms with Gasteiger partial charge in [-0.25, -0.2) is 4.79 Å². The van der Waals surface area contributed by atoms with Crippen LogP contribution >= 0.6 is 0 Å². The van der Waals surface area contributed by atoms with Crippen LogP contribution in [0.25, 0.3) is 0 Å². The van der Waals surface area contributed by atoms with Crippen molar-refractivity contribution in [2.45, 2.75) is 45.1 Å². The second kappa shape index (κ2) is 9.69. The molecule has 164 valence electrons. The van der Waals surface area contributed by atoms with Crippen LogP contribution in [0.4, 0.5) is 10.5 Å². The lowest BCUT2D eigenvalue weighted by Gasteiger charge is -2.41. The van der Waals surface area contributed by atoms with Crippen molar-refractivity contribution in [1.29, 1.82) is 0 Å². The zero-order valence-electron chi connectivity index (χ0n) is 18.1. The van der Waals surface area contributed by atoms with Gasteiger partial charge in [-0.15, -0.1) is 0 Å². The second-order valence-electron chi connectivity index (χ2n) is 8.49. The van der Waals surface area contributed by atoms with Crippen molar-refractivity contribution >= 4 is 17.6 Å². The number of urea groups is 1. The zero-order valence-corrected chi connectivity index (χ0v) is 18.1. The molecule has 0 aromatic heterocycles. The van der Waals surface area contributed by atoms with Gasteiger partial charge in [-0.3, -0.25) is 14.6 Å². The van der Waals surface area contributed by atoms with Gasteiger partial charge in [-0.1, -0.05) is 19.3 Å². The summed E-state index contributed by atoms with van der Waals surface area (Å²) < 4.78 is 5.47. The minimum atomic E-state index is -0.0895. The minimum Gasteiger partial charge on any atom is -0.494 e. The Morgan fingerprint density at radius 3 is 2.33 bits per heavy atom. The van der Waals surface area contributed by atoms with E-state index in [1.807, 2.05) is 36.1 Å². The number of amides is 3. The summed E-state index contributed by atoms with van der Waals surface area (Å²) in [6, 6.07) is 8.18. The number of piperazine rings is 1. The molecule has 0 N–H and O–H groups in total. The Bertz CT molecular complexity index is 724. The highest BCUT2D eigenvalue weighted by molar-refractivity contribution is 5.96. The van der Waals surface area contributed by atoms with Crippen molar-refractivity contribution in [2.75, 3.05) is 57.3 Å². The molecule has 4 rings (SSSR count). The highest BCUT2D eigenvalue weighted by Crippen LogP contribution is 2.25. The van der Waals surface area contributed by atoms with Crippen molar-refractivity contribution in [3.05, 3.63) is 24.3 Å². The highest BCUT2D eigenvalue weighted by atomic mass is 16.5. The van der Waals surface area contributed by atoms with Gasteiger partial charge in [0, 0.05) is 51.0 Å². The summed E-state index contributed by atoms with van der Waals surface area (Å²) >= 11 is 0. The summed E-state index contributed by atoms with van der Waals surface area (Å²) in [5.41, 5.74) is 0.847. The molecule has 1 aromatic carbocycles. The lowest BCUT2D eigenvalue weighted by atomic mass is 9.94. The third kappa shape index (κ3) is 4.72. The van der Waals surface area contributed by atoms with Gasteiger partial charge in [0.25, 0.3) is 0 Å². The van der Waals surface area contributed by atoms with Crippen molar-refractivity contribution in [1.82, 2.24) is 14.7 Å². The summed E-state index contributed by atoms with van der Waals surface area (Å²) in [5.74, 6) is 0.868. The van der Waals surface area contributed by atoms with E-state index in [1.165, 1.54) is 32.1 Å². The molecule has 0 spiro atoms. The number of rotatable bonds is 6. The van der Waals surface area contributed by atoms with Gasteiger partial charge in [0.05, 0.1) is 6.61 Å². The third-order valence-corrected chi connectivity index (χ3v) is 6.64. The van der Waals surface area contributed by atoms with Gasteiger partial charge in [0.1, 0.15) is 12.3 Å². The number of carbonyl (C=O) groups is 2. The van der Waals surface area contributed by atoms with E-state index in [0.717, 1.165) is 37.6 Å². The maximum Gasteiger partial charge on any atom is 0.325 e. The maximum atomic E-state index is 12.8. The van der Waals surface area contributed by atoms with Crippen LogP contribution in [-0.4, -0.2) is 85.1 Å². The summed E-state index contributed by atoms with van der Waals surface area (Å²) in [6.45, 7) is 7.41. The molecule has 3 amide bonds. The standard InChI is InChI=1S/C23H34N4O3/c1-2-30-21-10-8-20(9-11-21)27-17-16-26(23(27)29)18-22(28)25-14-12-24(13-15-25)19-6-4-3-5-7-19/h8-11,19H,2-7,12-18H2,1H3. The quantitative estimate of drug-likeness (QED) is 0.718. The lowest BCUT2D eigenvalue weighted by molar-refractivity contribution is -0.133. The fourth-order valence-electron chi connectivity index (χ4n) is 4.90. The molecule has 3 aliphatic rings. The SMILES string of the molecule is CCOc1ccc(N2CCN(CC(=O)N3CCN(C4CCCCC4)CC3)C2=O)cc1. The van der Waals surface area contributed by atoms with E-state index in [9.17, 15) is 9.59 Å². The molecule has 1 aliphatic carbocycles. The van der Waals surface area contributed by atoms with Gasteiger partial charge in [-0.05, 0) is 44.0 Å². The Hall–Kier alpha value is -2.28. The second-order valence-corrected chi connectivity index (χ2v) is 8.49. The van der Waals surface area contributed by atoms with E-state index in [-0.39, 0.29) is 18.5 Å². The summed E-state index contributed by atoms with van der Waals surface area (Å²) in [5, 5.41) is 0. The van der Waals surface area contributed by atoms with Crippen LogP contribution in [0, 0.1) is 0 Å². The first-order valence-electron chi connectivity index (χ1n) is 11.5. The first-order valence-corrected chi connectivity index (χ1v) is 11.5. The molecule has 2 saturated heterocycles. The van der Waals surface area contributed by atoms with E-state index in [4.69, 9.17) is 4.74 Å². The Morgan fingerprint density at radius 2 is 1.67 bits per heavy atom. The number of hydrogen-bond donors (Lipinski definition) is 0. The molecule has 0 bridgehead atoms. The monoisotopic (exact) mass is 414 g/mol. The molecule has 2 heterocycles. The summed E-state index contributed by atoms with van der Waals surface area (Å²) in [6.07, 6.45) is 6.65. The van der Waals surface area contributed by atoms with E-state index >= 15 is 0 Å². The predicted octanol–water partition coefficient (Wildman–Crippen LogP) is 2.80. The number of ether oxygens (including phenoxy) is 1. The van der Waals surface area contributed by atoms with Crippen LogP contribution in [-0.2, 0) is 4.79 Å². The fraction of sp³-hybridized carbons (Fsp3) is 0.652. The molecule has 0 unspecified atom stereocenters. The maximum absolute atomic E-state index is 12.8. The lowest BCUT2D eigenvalue weighted by Crippen LogP contribution is -2.54. The van der Waals surface area contributed by atoms with Crippen LogP contribution in [0.2, 0.25) is 0 Å². The normalized spacial score (nSPS) is 21.4. The Kier molecular flexibility index (Phi) is 6.77. The van der Waals surface area contributed by atoms with Crippen LogP contribution in [0.5, 0.6) is 5.75 Å². The first-order chi connectivity index (χ1) is 14.7. The van der Waals surface area contributed by atoms with Crippen LogP contribution in [0.1, 0.15) is 39.0 Å². The molecule has 7 nitrogen and oxygen atoms in total. The number of hydrogen-bond acceptors (Lipinski definition) is 4. The van der Waals surface area contributed by atoms with Gasteiger partial charge in [0.2, 0.25) is 5.91 Å². The van der Waals surface area contributed by atoms with Crippen molar-refractivity contribution < 1.29 is 14.3 Å². The average molecular weight is 415 g/mol. The van der Waals surface area contributed by atoms with Crippen molar-refractivity contribution in [3.63, 3.8) is 0 Å². The number of nitrogens with zero attached hydrogens (tertiary/aromatic N) is 4. The first kappa shape index (κ1) is 21.0. The van der Waals surface area contributed by atoms with Crippen LogP contribution in [0.3, 0.4) is 0 Å². The van der Waals surface area contributed by atoms with Gasteiger partial charge in [-0.2, -0.15) is 0 Å². The number of carbonyl (C=O) groups excluding carboxylic acids is 2. The molecule has 1 aromatic rings. The predicted molar refractivity (Wildman–Crippen MR) is 117 cm³/mol. The molecular formula is C23H34N4O3. The topological polar surface area (TPSA) is 56.3 Å². The van der Waals surface area contributed by atoms with Crippen molar-refractivity contribution in [2.24, 2.45) is 0 Å². The minimum absolute atomic E-state index is 0.0696. The number of anilines is 1. The van der Waals surface area contributed by atoms with Crippen molar-refractivity contribution in [3.8, 4) is 5.75 Å². The molecule has 2 aliphatic heterocycles. The Balaban J connectivity index is 1.26. The summed E-state index contributed by atoms with van der Waals surface area (Å²) in [7, 11) is 0. The van der Waals surface area contributed by atoms with E-state index in [2.05, 4.69) is 4.90 Å². The Labute approximate surface area is 179 Å².